The first-order chi connectivity index (χ1) is 18.8. The van der Waals surface area contributed by atoms with Crippen LogP contribution in [0.1, 0.15) is 0 Å². The zero-order valence-corrected chi connectivity index (χ0v) is 20.2. The number of rotatable bonds is 3. The minimum absolute atomic E-state index is 0.642. The summed E-state index contributed by atoms with van der Waals surface area (Å²) in [4.78, 5) is 14.7. The third kappa shape index (κ3) is 3.15. The molecule has 0 saturated heterocycles. The van der Waals surface area contributed by atoms with Gasteiger partial charge in [0.2, 0.25) is 0 Å². The summed E-state index contributed by atoms with van der Waals surface area (Å²) in [5, 5.41) is 2.26. The van der Waals surface area contributed by atoms with Crippen LogP contribution in [0.4, 0.5) is 0 Å². The first-order valence-electron chi connectivity index (χ1n) is 12.6. The second-order valence-electron chi connectivity index (χ2n) is 9.33. The van der Waals surface area contributed by atoms with Gasteiger partial charge >= 0.3 is 0 Å². The molecule has 178 valence electrons. The molecule has 0 saturated carbocycles. The van der Waals surface area contributed by atoms with E-state index in [-0.39, 0.29) is 0 Å². The monoisotopic (exact) mass is 488 g/mol. The molecule has 0 N–H and O–H groups in total. The Bertz CT molecular complexity index is 1940. The van der Waals surface area contributed by atoms with Gasteiger partial charge in [-0.2, -0.15) is 0 Å². The van der Waals surface area contributed by atoms with Gasteiger partial charge in [-0.1, -0.05) is 84.9 Å². The SMILES string of the molecule is c1ccc(-c2nc(-c3ccccc3)nc(-c3ccc4c(c3)c3cccc5c3n4-c3ccccc3O5)n2)cc1. The smallest absolute Gasteiger partial charge is 0.164 e. The molecule has 0 atom stereocenters. The molecule has 0 unspecified atom stereocenters. The van der Waals surface area contributed by atoms with Gasteiger partial charge in [-0.3, -0.25) is 0 Å². The molecular formula is C33H20N4O. The lowest BCUT2D eigenvalue weighted by Crippen LogP contribution is -2.03. The number of nitrogens with zero attached hydrogens (tertiary/aromatic N) is 4. The Balaban J connectivity index is 1.38. The van der Waals surface area contributed by atoms with Gasteiger partial charge in [0.05, 0.1) is 16.7 Å². The maximum Gasteiger partial charge on any atom is 0.164 e. The number of ether oxygens (including phenoxy) is 1. The van der Waals surface area contributed by atoms with Crippen molar-refractivity contribution in [1.29, 1.82) is 0 Å². The lowest BCUT2D eigenvalue weighted by atomic mass is 10.1. The fourth-order valence-corrected chi connectivity index (χ4v) is 5.29. The summed E-state index contributed by atoms with van der Waals surface area (Å²) in [6, 6.07) is 40.9. The summed E-state index contributed by atoms with van der Waals surface area (Å²) in [5.74, 6) is 3.66. The van der Waals surface area contributed by atoms with Crippen molar-refractivity contribution in [3.8, 4) is 51.3 Å². The topological polar surface area (TPSA) is 52.8 Å². The van der Waals surface area contributed by atoms with Crippen molar-refractivity contribution < 1.29 is 4.74 Å². The maximum absolute atomic E-state index is 6.27. The van der Waals surface area contributed by atoms with E-state index in [0.717, 1.165) is 55.7 Å². The minimum atomic E-state index is 0.642. The Morgan fingerprint density at radius 1 is 0.474 bits per heavy atom. The van der Waals surface area contributed by atoms with Crippen LogP contribution in [0.2, 0.25) is 0 Å². The van der Waals surface area contributed by atoms with Crippen LogP contribution in [0.25, 0.3) is 61.7 Å². The third-order valence-electron chi connectivity index (χ3n) is 7.03. The molecule has 5 heteroatoms. The number of fused-ring (bicyclic) bond motifs is 5. The molecule has 3 heterocycles. The zero-order valence-electron chi connectivity index (χ0n) is 20.2. The highest BCUT2D eigenvalue weighted by Gasteiger charge is 2.23. The third-order valence-corrected chi connectivity index (χ3v) is 7.03. The molecule has 0 bridgehead atoms. The number of hydrogen-bond acceptors (Lipinski definition) is 4. The van der Waals surface area contributed by atoms with Gasteiger partial charge in [-0.15, -0.1) is 0 Å². The van der Waals surface area contributed by atoms with E-state index in [2.05, 4.69) is 34.9 Å². The van der Waals surface area contributed by atoms with Crippen LogP contribution in [0, 0.1) is 0 Å². The quantitative estimate of drug-likeness (QED) is 0.252. The Labute approximate surface area is 218 Å². The maximum atomic E-state index is 6.27. The van der Waals surface area contributed by atoms with Crippen LogP contribution in [0.15, 0.2) is 121 Å². The summed E-state index contributed by atoms with van der Waals surface area (Å²) in [6.45, 7) is 0. The van der Waals surface area contributed by atoms with Gasteiger partial charge in [-0.05, 0) is 36.4 Å². The molecule has 2 aromatic heterocycles. The predicted molar refractivity (Wildman–Crippen MR) is 151 cm³/mol. The van der Waals surface area contributed by atoms with E-state index in [1.807, 2.05) is 91.0 Å². The van der Waals surface area contributed by atoms with Gasteiger partial charge in [0, 0.05) is 27.5 Å². The Kier molecular flexibility index (Phi) is 4.45. The molecule has 1 aliphatic rings. The lowest BCUT2D eigenvalue weighted by molar-refractivity contribution is 0.476. The molecule has 0 fully saturated rings. The molecule has 0 aliphatic carbocycles. The van der Waals surface area contributed by atoms with E-state index >= 15 is 0 Å². The van der Waals surface area contributed by atoms with Crippen molar-refractivity contribution in [3.05, 3.63) is 121 Å². The van der Waals surface area contributed by atoms with Crippen LogP contribution in [0.5, 0.6) is 11.5 Å². The van der Waals surface area contributed by atoms with Crippen molar-refractivity contribution in [2.24, 2.45) is 0 Å². The summed E-state index contributed by atoms with van der Waals surface area (Å²) >= 11 is 0. The highest BCUT2D eigenvalue weighted by molar-refractivity contribution is 6.13. The second kappa shape index (κ2) is 8.11. The van der Waals surface area contributed by atoms with E-state index in [9.17, 15) is 0 Å². The van der Waals surface area contributed by atoms with Crippen molar-refractivity contribution >= 4 is 21.8 Å². The van der Waals surface area contributed by atoms with E-state index in [4.69, 9.17) is 19.7 Å². The van der Waals surface area contributed by atoms with Crippen molar-refractivity contribution in [2.75, 3.05) is 0 Å². The largest absolute Gasteiger partial charge is 0.453 e. The van der Waals surface area contributed by atoms with Gasteiger partial charge in [0.25, 0.3) is 0 Å². The molecule has 38 heavy (non-hydrogen) atoms. The number of para-hydroxylation sites is 3. The van der Waals surface area contributed by atoms with Gasteiger partial charge in [-0.25, -0.2) is 15.0 Å². The molecule has 5 aromatic carbocycles. The Morgan fingerprint density at radius 2 is 1.08 bits per heavy atom. The van der Waals surface area contributed by atoms with Gasteiger partial charge in [0.1, 0.15) is 0 Å². The predicted octanol–water partition coefficient (Wildman–Crippen LogP) is 8.08. The zero-order chi connectivity index (χ0) is 25.1. The van der Waals surface area contributed by atoms with Crippen molar-refractivity contribution in [1.82, 2.24) is 19.5 Å². The average molecular weight is 489 g/mol. The number of aromatic nitrogens is 4. The van der Waals surface area contributed by atoms with Crippen LogP contribution in [0.3, 0.4) is 0 Å². The number of benzene rings is 5. The first-order valence-corrected chi connectivity index (χ1v) is 12.6. The molecule has 0 radical (unpaired) electrons. The standard InChI is InChI=1S/C33H20N4O/c1-3-10-21(11-4-1)31-34-32(22-12-5-2-6-13-22)36-33(35-31)23-18-19-26-25(20-23)24-14-9-17-29-30(24)37(26)27-15-7-8-16-28(27)38-29/h1-20H. The highest BCUT2D eigenvalue weighted by atomic mass is 16.5. The van der Waals surface area contributed by atoms with Gasteiger partial charge in [0.15, 0.2) is 29.0 Å². The average Bonchev–Trinajstić information content (AvgIpc) is 3.33. The van der Waals surface area contributed by atoms with E-state index in [0.29, 0.717) is 17.5 Å². The molecule has 7 aromatic rings. The Hall–Kier alpha value is -5.29. The normalized spacial score (nSPS) is 11.9. The fourth-order valence-electron chi connectivity index (χ4n) is 5.29. The van der Waals surface area contributed by atoms with Crippen molar-refractivity contribution in [2.45, 2.75) is 0 Å². The Morgan fingerprint density at radius 3 is 1.79 bits per heavy atom. The van der Waals surface area contributed by atoms with E-state index < -0.39 is 0 Å². The number of hydrogen-bond donors (Lipinski definition) is 0. The molecule has 1 aliphatic heterocycles. The van der Waals surface area contributed by atoms with Crippen LogP contribution in [-0.4, -0.2) is 19.5 Å². The summed E-state index contributed by atoms with van der Waals surface area (Å²) in [7, 11) is 0. The molecule has 5 nitrogen and oxygen atoms in total. The van der Waals surface area contributed by atoms with E-state index in [1.165, 1.54) is 0 Å². The van der Waals surface area contributed by atoms with Crippen LogP contribution in [-0.2, 0) is 0 Å². The molecular weight excluding hydrogens is 468 g/mol. The minimum Gasteiger partial charge on any atom is -0.453 e. The lowest BCUT2D eigenvalue weighted by Gasteiger charge is -2.20. The second-order valence-corrected chi connectivity index (χ2v) is 9.33. The van der Waals surface area contributed by atoms with Crippen LogP contribution >= 0.6 is 0 Å². The summed E-state index contributed by atoms with van der Waals surface area (Å²) in [5.41, 5.74) is 6.08. The van der Waals surface area contributed by atoms with Crippen LogP contribution < -0.4 is 4.74 Å². The summed E-state index contributed by atoms with van der Waals surface area (Å²) in [6.07, 6.45) is 0. The van der Waals surface area contributed by atoms with E-state index in [1.54, 1.807) is 0 Å². The molecule has 8 rings (SSSR count). The summed E-state index contributed by atoms with van der Waals surface area (Å²) < 4.78 is 8.56. The van der Waals surface area contributed by atoms with Gasteiger partial charge < -0.3 is 9.30 Å². The fraction of sp³-hybridized carbons (Fsp3) is 0. The molecule has 0 spiro atoms. The van der Waals surface area contributed by atoms with Crippen molar-refractivity contribution in [3.63, 3.8) is 0 Å². The highest BCUT2D eigenvalue weighted by Crippen LogP contribution is 2.45. The first kappa shape index (κ1) is 20.9. The molecule has 0 amide bonds.